The molecular formula is C21H21ClFN5O2S. The monoisotopic (exact) mass is 461 g/mol. The zero-order chi connectivity index (χ0) is 22.4. The predicted molar refractivity (Wildman–Crippen MR) is 119 cm³/mol. The van der Waals surface area contributed by atoms with Crippen LogP contribution in [0.3, 0.4) is 0 Å². The number of halogens is 2. The third-order valence-electron chi connectivity index (χ3n) is 4.47. The van der Waals surface area contributed by atoms with Gasteiger partial charge >= 0.3 is 0 Å². The van der Waals surface area contributed by atoms with Gasteiger partial charge in [-0.1, -0.05) is 41.6 Å². The second kappa shape index (κ2) is 10.4. The van der Waals surface area contributed by atoms with E-state index in [2.05, 4.69) is 20.8 Å². The molecule has 7 nitrogen and oxygen atoms in total. The van der Waals surface area contributed by atoms with E-state index in [-0.39, 0.29) is 23.8 Å². The molecule has 0 atom stereocenters. The lowest BCUT2D eigenvalue weighted by Crippen LogP contribution is -2.27. The van der Waals surface area contributed by atoms with Gasteiger partial charge in [-0.05, 0) is 36.8 Å². The van der Waals surface area contributed by atoms with Gasteiger partial charge in [-0.2, -0.15) is 0 Å². The van der Waals surface area contributed by atoms with Gasteiger partial charge in [0, 0.05) is 30.7 Å². The summed E-state index contributed by atoms with van der Waals surface area (Å²) in [5.74, 6) is -0.443. The first kappa shape index (κ1) is 22.8. The van der Waals surface area contributed by atoms with E-state index >= 15 is 0 Å². The van der Waals surface area contributed by atoms with E-state index in [0.29, 0.717) is 28.1 Å². The lowest BCUT2D eigenvalue weighted by atomic mass is 10.2. The number of carbonyl (C=O) groups is 2. The zero-order valence-corrected chi connectivity index (χ0v) is 18.6. The lowest BCUT2D eigenvalue weighted by Gasteiger charge is -2.08. The number of anilines is 1. The molecule has 2 amide bonds. The third-order valence-corrected chi connectivity index (χ3v) is 5.89. The van der Waals surface area contributed by atoms with Gasteiger partial charge < -0.3 is 15.2 Å². The van der Waals surface area contributed by atoms with Crippen molar-refractivity contribution in [2.24, 2.45) is 7.05 Å². The Kier molecular flexibility index (Phi) is 7.64. The molecule has 0 spiro atoms. The second-order valence-corrected chi connectivity index (χ2v) is 8.09. The molecule has 0 aliphatic heterocycles. The van der Waals surface area contributed by atoms with Gasteiger partial charge in [0.05, 0.1) is 11.3 Å². The molecular weight excluding hydrogens is 441 g/mol. The summed E-state index contributed by atoms with van der Waals surface area (Å²) in [7, 11) is 1.79. The minimum absolute atomic E-state index is 0.00223. The number of aromatic nitrogens is 3. The number of hydrogen-bond acceptors (Lipinski definition) is 5. The average molecular weight is 462 g/mol. The molecule has 0 aliphatic rings. The zero-order valence-electron chi connectivity index (χ0n) is 17.0. The SMILES string of the molecule is Cc1ccc(NC(=O)CSc2nnc(CCNC(=O)c3ccccc3F)n2C)cc1Cl. The maximum Gasteiger partial charge on any atom is 0.254 e. The van der Waals surface area contributed by atoms with E-state index < -0.39 is 11.7 Å². The molecule has 0 radical (unpaired) electrons. The molecule has 0 saturated carbocycles. The van der Waals surface area contributed by atoms with Crippen molar-refractivity contribution in [3.05, 3.63) is 70.3 Å². The highest BCUT2D eigenvalue weighted by atomic mass is 35.5. The molecule has 2 N–H and O–H groups in total. The summed E-state index contributed by atoms with van der Waals surface area (Å²) < 4.78 is 15.4. The highest BCUT2D eigenvalue weighted by molar-refractivity contribution is 7.99. The Morgan fingerprint density at radius 3 is 2.71 bits per heavy atom. The Morgan fingerprint density at radius 2 is 1.97 bits per heavy atom. The van der Waals surface area contributed by atoms with Crippen molar-refractivity contribution in [3.8, 4) is 0 Å². The number of benzene rings is 2. The Hall–Kier alpha value is -2.91. The summed E-state index contributed by atoms with van der Waals surface area (Å²) in [6.45, 7) is 2.17. The van der Waals surface area contributed by atoms with Crippen LogP contribution in [0.2, 0.25) is 5.02 Å². The van der Waals surface area contributed by atoms with Crippen LogP contribution in [0.1, 0.15) is 21.7 Å². The van der Waals surface area contributed by atoms with E-state index in [0.717, 1.165) is 5.56 Å². The van der Waals surface area contributed by atoms with Crippen molar-refractivity contribution in [3.63, 3.8) is 0 Å². The van der Waals surface area contributed by atoms with E-state index in [1.54, 1.807) is 29.8 Å². The second-order valence-electron chi connectivity index (χ2n) is 6.74. The molecule has 0 bridgehead atoms. The molecule has 0 saturated heterocycles. The molecule has 162 valence electrons. The first-order chi connectivity index (χ1) is 14.8. The Bertz CT molecular complexity index is 1110. The van der Waals surface area contributed by atoms with Gasteiger partial charge in [-0.3, -0.25) is 9.59 Å². The fourth-order valence-electron chi connectivity index (χ4n) is 2.71. The topological polar surface area (TPSA) is 88.9 Å². The molecule has 0 fully saturated rings. The smallest absolute Gasteiger partial charge is 0.254 e. The van der Waals surface area contributed by atoms with E-state index in [9.17, 15) is 14.0 Å². The van der Waals surface area contributed by atoms with Crippen molar-refractivity contribution in [2.45, 2.75) is 18.5 Å². The van der Waals surface area contributed by atoms with Gasteiger partial charge in [0.2, 0.25) is 5.91 Å². The van der Waals surface area contributed by atoms with Crippen LogP contribution in [0.4, 0.5) is 10.1 Å². The summed E-state index contributed by atoms with van der Waals surface area (Å²) in [4.78, 5) is 24.3. The molecule has 31 heavy (non-hydrogen) atoms. The molecule has 0 unspecified atom stereocenters. The minimum atomic E-state index is -0.566. The van der Waals surface area contributed by atoms with Crippen LogP contribution in [0.5, 0.6) is 0 Å². The summed E-state index contributed by atoms with van der Waals surface area (Å²) in [6.07, 6.45) is 0.415. The van der Waals surface area contributed by atoms with Crippen molar-refractivity contribution >= 4 is 40.9 Å². The van der Waals surface area contributed by atoms with Gasteiger partial charge in [-0.15, -0.1) is 10.2 Å². The van der Waals surface area contributed by atoms with Crippen LogP contribution in [-0.4, -0.2) is 38.9 Å². The van der Waals surface area contributed by atoms with Gasteiger partial charge in [0.15, 0.2) is 5.16 Å². The summed E-state index contributed by atoms with van der Waals surface area (Å²) in [6, 6.07) is 11.1. The fourth-order valence-corrected chi connectivity index (χ4v) is 3.63. The highest BCUT2D eigenvalue weighted by Crippen LogP contribution is 2.21. The van der Waals surface area contributed by atoms with Gasteiger partial charge in [-0.25, -0.2) is 4.39 Å². The average Bonchev–Trinajstić information content (AvgIpc) is 3.09. The Morgan fingerprint density at radius 1 is 1.19 bits per heavy atom. The molecule has 3 rings (SSSR count). The Balaban J connectivity index is 1.48. The van der Waals surface area contributed by atoms with Crippen LogP contribution in [0, 0.1) is 12.7 Å². The van der Waals surface area contributed by atoms with Crippen LogP contribution in [0.15, 0.2) is 47.6 Å². The number of carbonyl (C=O) groups excluding carboxylic acids is 2. The maximum atomic E-state index is 13.7. The quantitative estimate of drug-likeness (QED) is 0.500. The number of nitrogens with one attached hydrogen (secondary N) is 2. The largest absolute Gasteiger partial charge is 0.351 e. The lowest BCUT2D eigenvalue weighted by molar-refractivity contribution is -0.113. The predicted octanol–water partition coefficient (Wildman–Crippen LogP) is 3.62. The van der Waals surface area contributed by atoms with Crippen molar-refractivity contribution < 1.29 is 14.0 Å². The van der Waals surface area contributed by atoms with E-state index in [1.807, 2.05) is 13.0 Å². The van der Waals surface area contributed by atoms with E-state index in [4.69, 9.17) is 11.6 Å². The number of rotatable bonds is 8. The molecule has 1 heterocycles. The Labute approximate surface area is 188 Å². The van der Waals surface area contributed by atoms with E-state index in [1.165, 1.54) is 30.0 Å². The summed E-state index contributed by atoms with van der Waals surface area (Å²) >= 11 is 7.32. The van der Waals surface area contributed by atoms with Gasteiger partial charge in [0.1, 0.15) is 11.6 Å². The van der Waals surface area contributed by atoms with Crippen molar-refractivity contribution in [1.29, 1.82) is 0 Å². The first-order valence-corrected chi connectivity index (χ1v) is 10.8. The van der Waals surface area contributed by atoms with Gasteiger partial charge in [0.25, 0.3) is 5.91 Å². The van der Waals surface area contributed by atoms with Crippen LogP contribution in [-0.2, 0) is 18.3 Å². The minimum Gasteiger partial charge on any atom is -0.351 e. The molecule has 0 aliphatic carbocycles. The van der Waals surface area contributed by atoms with Crippen molar-refractivity contribution in [2.75, 3.05) is 17.6 Å². The summed E-state index contributed by atoms with van der Waals surface area (Å²) in [5, 5.41) is 14.8. The number of nitrogens with zero attached hydrogens (tertiary/aromatic N) is 3. The molecule has 2 aromatic carbocycles. The van der Waals surface area contributed by atoms with Crippen LogP contribution >= 0.6 is 23.4 Å². The maximum absolute atomic E-state index is 13.7. The molecule has 1 aromatic heterocycles. The first-order valence-electron chi connectivity index (χ1n) is 9.45. The van der Waals surface area contributed by atoms with Crippen LogP contribution < -0.4 is 10.6 Å². The molecule has 10 heteroatoms. The number of amides is 2. The third kappa shape index (κ3) is 6.05. The fraction of sp³-hybridized carbons (Fsp3) is 0.238. The standard InChI is InChI=1S/C21H21ClFN5O2S/c1-13-7-8-14(11-16(13)22)25-19(29)12-31-21-27-26-18(28(21)2)9-10-24-20(30)15-5-3-4-6-17(15)23/h3-8,11H,9-10,12H2,1-2H3,(H,24,30)(H,25,29). The summed E-state index contributed by atoms with van der Waals surface area (Å²) in [5.41, 5.74) is 1.56. The highest BCUT2D eigenvalue weighted by Gasteiger charge is 2.14. The normalized spacial score (nSPS) is 10.7. The number of thioether (sulfide) groups is 1. The number of aryl methyl sites for hydroxylation is 1. The molecule has 3 aromatic rings. The van der Waals surface area contributed by atoms with Crippen molar-refractivity contribution in [1.82, 2.24) is 20.1 Å². The van der Waals surface area contributed by atoms with Crippen LogP contribution in [0.25, 0.3) is 0 Å². The number of hydrogen-bond donors (Lipinski definition) is 2.